The molecule has 0 spiro atoms. The summed E-state index contributed by atoms with van der Waals surface area (Å²) in [6, 6.07) is 9.23. The van der Waals surface area contributed by atoms with E-state index in [2.05, 4.69) is 43.2 Å². The number of hydrogen-bond acceptors (Lipinski definition) is 2. The molecule has 2 nitrogen and oxygen atoms in total. The highest BCUT2D eigenvalue weighted by Crippen LogP contribution is 2.26. The highest BCUT2D eigenvalue weighted by Gasteiger charge is 2.18. The summed E-state index contributed by atoms with van der Waals surface area (Å²) >= 11 is 6.29. The molecule has 1 atom stereocenters. The van der Waals surface area contributed by atoms with Gasteiger partial charge in [0, 0.05) is 30.2 Å². The predicted molar refractivity (Wildman–Crippen MR) is 91.9 cm³/mol. The largest absolute Gasteiger partial charge is 0.313 e. The van der Waals surface area contributed by atoms with Crippen molar-refractivity contribution in [2.75, 3.05) is 20.1 Å². The van der Waals surface area contributed by atoms with E-state index >= 15 is 0 Å². The first-order chi connectivity index (χ1) is 10.1. The Kier molecular flexibility index (Phi) is 6.53. The summed E-state index contributed by atoms with van der Waals surface area (Å²) in [6.07, 6.45) is 5.43. The summed E-state index contributed by atoms with van der Waals surface area (Å²) in [5.41, 5.74) is 1.22. The number of hydrogen-bond donors (Lipinski definition) is 1. The Morgan fingerprint density at radius 3 is 2.57 bits per heavy atom. The summed E-state index contributed by atoms with van der Waals surface area (Å²) in [7, 11) is 2.18. The number of nitrogens with one attached hydrogen (secondary N) is 1. The standard InChI is InChI=1S/C18H29ClN2/c1-14-8-10-16(11-9-14)20-12-13-21(3)15(2)17-6-4-5-7-18(17)19/h4-7,14-16,20H,8-13H2,1-3H3. The second-order valence-corrected chi connectivity index (χ2v) is 7.00. The second-order valence-electron chi connectivity index (χ2n) is 6.59. The Hall–Kier alpha value is -0.570. The Labute approximate surface area is 134 Å². The molecule has 0 amide bonds. The summed E-state index contributed by atoms with van der Waals surface area (Å²) in [5.74, 6) is 0.922. The average Bonchev–Trinajstić information content (AvgIpc) is 2.49. The topological polar surface area (TPSA) is 15.3 Å². The predicted octanol–water partition coefficient (Wildman–Crippen LogP) is 4.50. The Balaban J connectivity index is 1.74. The van der Waals surface area contributed by atoms with Gasteiger partial charge in [-0.2, -0.15) is 0 Å². The smallest absolute Gasteiger partial charge is 0.0453 e. The lowest BCUT2D eigenvalue weighted by atomic mass is 9.87. The van der Waals surface area contributed by atoms with Crippen molar-refractivity contribution in [3.05, 3.63) is 34.9 Å². The van der Waals surface area contributed by atoms with Crippen LogP contribution in [0, 0.1) is 5.92 Å². The van der Waals surface area contributed by atoms with Crippen LogP contribution in [0.1, 0.15) is 51.1 Å². The van der Waals surface area contributed by atoms with E-state index in [0.29, 0.717) is 6.04 Å². The zero-order valence-electron chi connectivity index (χ0n) is 13.6. The van der Waals surface area contributed by atoms with Crippen molar-refractivity contribution in [1.82, 2.24) is 10.2 Å². The highest BCUT2D eigenvalue weighted by atomic mass is 35.5. The first-order valence-electron chi connectivity index (χ1n) is 8.26. The average molecular weight is 309 g/mol. The van der Waals surface area contributed by atoms with Crippen molar-refractivity contribution >= 4 is 11.6 Å². The zero-order valence-corrected chi connectivity index (χ0v) is 14.4. The molecule has 1 aliphatic rings. The van der Waals surface area contributed by atoms with Crippen molar-refractivity contribution in [3.8, 4) is 0 Å². The third kappa shape index (κ3) is 4.98. The molecule has 1 aromatic rings. The zero-order chi connectivity index (χ0) is 15.2. The maximum atomic E-state index is 6.29. The quantitative estimate of drug-likeness (QED) is 0.832. The summed E-state index contributed by atoms with van der Waals surface area (Å²) in [5, 5.41) is 4.59. The van der Waals surface area contributed by atoms with E-state index < -0.39 is 0 Å². The molecule has 1 fully saturated rings. The lowest BCUT2D eigenvalue weighted by molar-refractivity contribution is 0.244. The van der Waals surface area contributed by atoms with E-state index in [1.807, 2.05) is 12.1 Å². The molecule has 0 bridgehead atoms. The van der Waals surface area contributed by atoms with Gasteiger partial charge in [-0.25, -0.2) is 0 Å². The number of nitrogens with zero attached hydrogens (tertiary/aromatic N) is 1. The molecule has 0 aromatic heterocycles. The van der Waals surface area contributed by atoms with Crippen LogP contribution in [0.25, 0.3) is 0 Å². The van der Waals surface area contributed by atoms with Gasteiger partial charge in [0.05, 0.1) is 0 Å². The molecule has 1 unspecified atom stereocenters. The van der Waals surface area contributed by atoms with Gasteiger partial charge in [0.15, 0.2) is 0 Å². The maximum absolute atomic E-state index is 6.29. The number of benzene rings is 1. The van der Waals surface area contributed by atoms with Gasteiger partial charge in [0.1, 0.15) is 0 Å². The SMILES string of the molecule is CC1CCC(NCCN(C)C(C)c2ccccc2Cl)CC1. The fourth-order valence-corrected chi connectivity index (χ4v) is 3.45. The molecule has 1 aliphatic carbocycles. The van der Waals surface area contributed by atoms with Crippen molar-refractivity contribution in [1.29, 1.82) is 0 Å². The minimum Gasteiger partial charge on any atom is -0.313 e. The van der Waals surface area contributed by atoms with Crippen LogP contribution in [0.2, 0.25) is 5.02 Å². The molecule has 0 heterocycles. The Bertz CT molecular complexity index is 427. The van der Waals surface area contributed by atoms with Crippen LogP contribution in [0.5, 0.6) is 0 Å². The van der Waals surface area contributed by atoms with Gasteiger partial charge in [-0.05, 0) is 57.2 Å². The van der Waals surface area contributed by atoms with E-state index in [1.54, 1.807) is 0 Å². The van der Waals surface area contributed by atoms with Crippen LogP contribution in [-0.2, 0) is 0 Å². The van der Waals surface area contributed by atoms with E-state index in [1.165, 1.54) is 31.2 Å². The van der Waals surface area contributed by atoms with E-state index in [-0.39, 0.29) is 0 Å². The van der Waals surface area contributed by atoms with Crippen molar-refractivity contribution < 1.29 is 0 Å². The number of rotatable bonds is 6. The lowest BCUT2D eigenvalue weighted by Crippen LogP contribution is -2.38. The molecule has 3 heteroatoms. The van der Waals surface area contributed by atoms with Gasteiger partial charge in [-0.1, -0.05) is 36.7 Å². The first kappa shape index (κ1) is 16.8. The normalized spacial score (nSPS) is 24.2. The van der Waals surface area contributed by atoms with Gasteiger partial charge in [0.25, 0.3) is 0 Å². The van der Waals surface area contributed by atoms with E-state index in [0.717, 1.165) is 30.1 Å². The molecule has 1 N–H and O–H groups in total. The van der Waals surface area contributed by atoms with Gasteiger partial charge in [-0.15, -0.1) is 0 Å². The summed E-state index contributed by atoms with van der Waals surface area (Å²) in [4.78, 5) is 2.37. The third-order valence-corrected chi connectivity index (χ3v) is 5.27. The molecule has 1 aromatic carbocycles. The fraction of sp³-hybridized carbons (Fsp3) is 0.667. The molecule has 0 radical (unpaired) electrons. The van der Waals surface area contributed by atoms with Crippen LogP contribution in [0.3, 0.4) is 0 Å². The Morgan fingerprint density at radius 1 is 1.24 bits per heavy atom. The van der Waals surface area contributed by atoms with E-state index in [4.69, 9.17) is 11.6 Å². The lowest BCUT2D eigenvalue weighted by Gasteiger charge is -2.29. The van der Waals surface area contributed by atoms with Crippen LogP contribution in [0.15, 0.2) is 24.3 Å². The van der Waals surface area contributed by atoms with E-state index in [9.17, 15) is 0 Å². The van der Waals surface area contributed by atoms with Gasteiger partial charge >= 0.3 is 0 Å². The maximum Gasteiger partial charge on any atom is 0.0453 e. The van der Waals surface area contributed by atoms with Crippen LogP contribution in [0.4, 0.5) is 0 Å². The van der Waals surface area contributed by atoms with Gasteiger partial charge in [-0.3, -0.25) is 4.90 Å². The monoisotopic (exact) mass is 308 g/mol. The molecule has 1 saturated carbocycles. The molecular weight excluding hydrogens is 280 g/mol. The first-order valence-corrected chi connectivity index (χ1v) is 8.63. The molecule has 0 saturated heterocycles. The summed E-state index contributed by atoms with van der Waals surface area (Å²) in [6.45, 7) is 6.71. The molecule has 21 heavy (non-hydrogen) atoms. The molecular formula is C18H29ClN2. The van der Waals surface area contributed by atoms with Crippen molar-refractivity contribution in [2.45, 2.75) is 51.6 Å². The fourth-order valence-electron chi connectivity index (χ4n) is 3.15. The minimum absolute atomic E-state index is 0.354. The third-order valence-electron chi connectivity index (χ3n) is 4.93. The summed E-state index contributed by atoms with van der Waals surface area (Å²) < 4.78 is 0. The minimum atomic E-state index is 0.354. The second kappa shape index (κ2) is 8.17. The number of likely N-dealkylation sites (N-methyl/N-ethyl adjacent to an activating group) is 1. The molecule has 118 valence electrons. The highest BCUT2D eigenvalue weighted by molar-refractivity contribution is 6.31. The van der Waals surface area contributed by atoms with Crippen molar-refractivity contribution in [2.24, 2.45) is 5.92 Å². The van der Waals surface area contributed by atoms with Crippen molar-refractivity contribution in [3.63, 3.8) is 0 Å². The molecule has 0 aliphatic heterocycles. The molecule has 2 rings (SSSR count). The van der Waals surface area contributed by atoms with Crippen LogP contribution >= 0.6 is 11.6 Å². The Morgan fingerprint density at radius 2 is 1.90 bits per heavy atom. The van der Waals surface area contributed by atoms with Gasteiger partial charge in [0.2, 0.25) is 0 Å². The number of halogens is 1. The van der Waals surface area contributed by atoms with Crippen LogP contribution in [-0.4, -0.2) is 31.1 Å². The van der Waals surface area contributed by atoms with Crippen LogP contribution < -0.4 is 5.32 Å². The van der Waals surface area contributed by atoms with Gasteiger partial charge < -0.3 is 5.32 Å².